The van der Waals surface area contributed by atoms with Gasteiger partial charge in [0.2, 0.25) is 0 Å². The van der Waals surface area contributed by atoms with Gasteiger partial charge in [-0.05, 0) is 47.0 Å². The molecular weight excluding hydrogens is 342 g/mol. The highest BCUT2D eigenvalue weighted by Crippen LogP contribution is 2.16. The Morgan fingerprint density at radius 1 is 1.14 bits per heavy atom. The summed E-state index contributed by atoms with van der Waals surface area (Å²) >= 11 is 3.38. The van der Waals surface area contributed by atoms with E-state index in [-0.39, 0.29) is 12.0 Å². The van der Waals surface area contributed by atoms with Crippen molar-refractivity contribution in [3.63, 3.8) is 0 Å². The van der Waals surface area contributed by atoms with E-state index in [1.165, 1.54) is 5.56 Å². The predicted octanol–water partition coefficient (Wildman–Crippen LogP) is 4.35. The summed E-state index contributed by atoms with van der Waals surface area (Å²) in [7, 11) is 0. The van der Waals surface area contributed by atoms with Crippen LogP contribution in [0.25, 0.3) is 0 Å². The lowest BCUT2D eigenvalue weighted by Crippen LogP contribution is -2.25. The molecule has 0 bridgehead atoms. The smallest absolute Gasteiger partial charge is 0.252 e. The van der Waals surface area contributed by atoms with E-state index in [2.05, 4.69) is 33.4 Å². The Morgan fingerprint density at radius 2 is 1.82 bits per heavy atom. The fourth-order valence-electron chi connectivity index (χ4n) is 2.10. The number of hydrogen-bond donors (Lipinski definition) is 1. The van der Waals surface area contributed by atoms with Crippen molar-refractivity contribution in [2.45, 2.75) is 19.4 Å². The molecule has 0 unspecified atom stereocenters. The second kappa shape index (κ2) is 8.71. The summed E-state index contributed by atoms with van der Waals surface area (Å²) in [5.41, 5.74) is 1.82. The first kappa shape index (κ1) is 16.7. The lowest BCUT2D eigenvalue weighted by atomic mass is 10.1. The van der Waals surface area contributed by atoms with Gasteiger partial charge in [0.1, 0.15) is 0 Å². The summed E-state index contributed by atoms with van der Waals surface area (Å²) in [5.74, 6) is -0.0661. The number of amides is 1. The Hall–Kier alpha value is -1.65. The molecule has 0 fully saturated rings. The maximum absolute atomic E-state index is 12.0. The first-order chi connectivity index (χ1) is 10.7. The molecule has 1 atom stereocenters. The van der Waals surface area contributed by atoms with Gasteiger partial charge in [-0.3, -0.25) is 4.79 Å². The molecular formula is C18H20BrNO2. The minimum atomic E-state index is -0.0661. The highest BCUT2D eigenvalue weighted by Gasteiger charge is 2.08. The van der Waals surface area contributed by atoms with Crippen molar-refractivity contribution in [3.8, 4) is 0 Å². The number of halogens is 1. The Kier molecular flexibility index (Phi) is 6.62. The van der Waals surface area contributed by atoms with Crippen LogP contribution >= 0.6 is 15.9 Å². The first-order valence-electron chi connectivity index (χ1n) is 7.38. The van der Waals surface area contributed by atoms with Crippen LogP contribution in [-0.4, -0.2) is 19.1 Å². The van der Waals surface area contributed by atoms with Crippen molar-refractivity contribution < 1.29 is 9.53 Å². The third-order valence-electron chi connectivity index (χ3n) is 3.36. The van der Waals surface area contributed by atoms with Crippen LogP contribution in [0.15, 0.2) is 59.1 Å². The number of benzene rings is 2. The molecule has 0 radical (unpaired) electrons. The van der Waals surface area contributed by atoms with Crippen LogP contribution in [0.1, 0.15) is 35.4 Å². The minimum Gasteiger partial charge on any atom is -0.374 e. The van der Waals surface area contributed by atoms with Gasteiger partial charge in [0.05, 0.1) is 11.7 Å². The van der Waals surface area contributed by atoms with Crippen LogP contribution in [0.5, 0.6) is 0 Å². The predicted molar refractivity (Wildman–Crippen MR) is 91.9 cm³/mol. The van der Waals surface area contributed by atoms with Crippen LogP contribution in [-0.2, 0) is 4.74 Å². The molecule has 0 aliphatic heterocycles. The highest BCUT2D eigenvalue weighted by molar-refractivity contribution is 9.10. The largest absolute Gasteiger partial charge is 0.374 e. The van der Waals surface area contributed by atoms with Crippen molar-refractivity contribution >= 4 is 21.8 Å². The van der Waals surface area contributed by atoms with E-state index >= 15 is 0 Å². The van der Waals surface area contributed by atoms with Gasteiger partial charge in [0.15, 0.2) is 0 Å². The van der Waals surface area contributed by atoms with E-state index in [4.69, 9.17) is 4.74 Å². The second-order valence-corrected chi connectivity index (χ2v) is 5.87. The number of carbonyl (C=O) groups is 1. The molecule has 2 aromatic carbocycles. The number of nitrogens with one attached hydrogen (secondary N) is 1. The molecule has 0 spiro atoms. The molecule has 116 valence electrons. The van der Waals surface area contributed by atoms with E-state index in [0.717, 1.165) is 10.9 Å². The molecule has 1 N–H and O–H groups in total. The van der Waals surface area contributed by atoms with Crippen LogP contribution in [0.2, 0.25) is 0 Å². The number of carbonyl (C=O) groups excluding carboxylic acids is 1. The molecule has 0 aliphatic rings. The van der Waals surface area contributed by atoms with Gasteiger partial charge < -0.3 is 10.1 Å². The van der Waals surface area contributed by atoms with Gasteiger partial charge in [-0.25, -0.2) is 0 Å². The topological polar surface area (TPSA) is 38.3 Å². The molecule has 2 rings (SSSR count). The zero-order valence-corrected chi connectivity index (χ0v) is 14.2. The molecule has 4 heteroatoms. The zero-order chi connectivity index (χ0) is 15.8. The van der Waals surface area contributed by atoms with E-state index in [9.17, 15) is 4.79 Å². The molecule has 0 aliphatic carbocycles. The molecule has 0 saturated carbocycles. The Bertz CT molecular complexity index is 601. The molecule has 1 amide bonds. The average molecular weight is 362 g/mol. The van der Waals surface area contributed by atoms with Gasteiger partial charge in [0, 0.05) is 17.6 Å². The summed E-state index contributed by atoms with van der Waals surface area (Å²) in [6, 6.07) is 17.5. The molecule has 0 heterocycles. The van der Waals surface area contributed by atoms with Crippen molar-refractivity contribution in [2.24, 2.45) is 0 Å². The van der Waals surface area contributed by atoms with E-state index in [1.807, 2.05) is 43.3 Å². The van der Waals surface area contributed by atoms with E-state index < -0.39 is 0 Å². The van der Waals surface area contributed by atoms with E-state index in [0.29, 0.717) is 18.7 Å². The van der Waals surface area contributed by atoms with Crippen molar-refractivity contribution in [2.75, 3.05) is 13.2 Å². The second-order valence-electron chi connectivity index (χ2n) is 5.01. The van der Waals surface area contributed by atoms with Gasteiger partial charge in [-0.2, -0.15) is 0 Å². The lowest BCUT2D eigenvalue weighted by Gasteiger charge is -2.13. The van der Waals surface area contributed by atoms with Crippen LogP contribution in [0.4, 0.5) is 0 Å². The summed E-state index contributed by atoms with van der Waals surface area (Å²) in [6.45, 7) is 3.25. The van der Waals surface area contributed by atoms with Crippen molar-refractivity contribution in [1.82, 2.24) is 5.32 Å². The van der Waals surface area contributed by atoms with Gasteiger partial charge in [0.25, 0.3) is 5.91 Å². The normalized spacial score (nSPS) is 11.9. The van der Waals surface area contributed by atoms with Crippen LogP contribution in [0.3, 0.4) is 0 Å². The lowest BCUT2D eigenvalue weighted by molar-refractivity contribution is 0.0635. The Balaban J connectivity index is 1.67. The van der Waals surface area contributed by atoms with Crippen molar-refractivity contribution in [3.05, 3.63) is 70.2 Å². The highest BCUT2D eigenvalue weighted by atomic mass is 79.9. The summed E-state index contributed by atoms with van der Waals surface area (Å²) < 4.78 is 6.59. The Morgan fingerprint density at radius 3 is 2.55 bits per heavy atom. The zero-order valence-electron chi connectivity index (χ0n) is 12.6. The summed E-state index contributed by atoms with van der Waals surface area (Å²) in [5, 5.41) is 2.90. The fourth-order valence-corrected chi connectivity index (χ4v) is 2.56. The maximum Gasteiger partial charge on any atom is 0.252 e. The van der Waals surface area contributed by atoms with Crippen molar-refractivity contribution in [1.29, 1.82) is 0 Å². The number of hydrogen-bond acceptors (Lipinski definition) is 2. The molecule has 2 aromatic rings. The third-order valence-corrected chi connectivity index (χ3v) is 4.05. The van der Waals surface area contributed by atoms with Crippen LogP contribution < -0.4 is 5.32 Å². The minimum absolute atomic E-state index is 0.0661. The van der Waals surface area contributed by atoms with Gasteiger partial charge in [-0.1, -0.05) is 42.5 Å². The molecule has 22 heavy (non-hydrogen) atoms. The number of rotatable bonds is 7. The SMILES string of the molecule is C[C@H](OCCCNC(=O)c1ccccc1Br)c1ccccc1. The average Bonchev–Trinajstić information content (AvgIpc) is 2.55. The standard InChI is InChI=1S/C18H20BrNO2/c1-14(15-8-3-2-4-9-15)22-13-7-12-20-18(21)16-10-5-6-11-17(16)19/h2-6,8-11,14H,7,12-13H2,1H3,(H,20,21)/t14-/m0/s1. The monoisotopic (exact) mass is 361 g/mol. The fraction of sp³-hybridized carbons (Fsp3) is 0.278. The van der Waals surface area contributed by atoms with Gasteiger partial charge in [-0.15, -0.1) is 0 Å². The molecule has 0 saturated heterocycles. The summed E-state index contributed by atoms with van der Waals surface area (Å²) in [6.07, 6.45) is 0.855. The molecule has 3 nitrogen and oxygen atoms in total. The number of ether oxygens (including phenoxy) is 1. The summed E-state index contributed by atoms with van der Waals surface area (Å²) in [4.78, 5) is 12.0. The maximum atomic E-state index is 12.0. The van der Waals surface area contributed by atoms with E-state index in [1.54, 1.807) is 6.07 Å². The quantitative estimate of drug-likeness (QED) is 0.744. The first-order valence-corrected chi connectivity index (χ1v) is 8.17. The third kappa shape index (κ3) is 4.97. The van der Waals surface area contributed by atoms with Gasteiger partial charge >= 0.3 is 0 Å². The van der Waals surface area contributed by atoms with Crippen LogP contribution in [0, 0.1) is 0 Å². The Labute approximate surface area is 139 Å². The molecule has 0 aromatic heterocycles.